The Bertz CT molecular complexity index is 539. The molecule has 17 heavy (non-hydrogen) atoms. The smallest absolute Gasteiger partial charge is 0.0478 e. The quantitative estimate of drug-likeness (QED) is 0.623. The Kier molecular flexibility index (Phi) is 3.88. The maximum Gasteiger partial charge on any atom is 0.0478 e. The summed E-state index contributed by atoms with van der Waals surface area (Å²) >= 11 is 12.0. The van der Waals surface area contributed by atoms with Crippen LogP contribution in [0, 0.1) is 0 Å². The molecule has 0 aromatic heterocycles. The van der Waals surface area contributed by atoms with Gasteiger partial charge < -0.3 is 0 Å². The van der Waals surface area contributed by atoms with Crippen molar-refractivity contribution in [2.24, 2.45) is 0 Å². The van der Waals surface area contributed by atoms with Gasteiger partial charge in [-0.3, -0.25) is 0 Å². The van der Waals surface area contributed by atoms with Crippen molar-refractivity contribution in [2.75, 3.05) is 0 Å². The van der Waals surface area contributed by atoms with E-state index in [4.69, 9.17) is 23.2 Å². The third-order valence-electron chi connectivity index (χ3n) is 2.58. The molecule has 2 rings (SSSR count). The second-order valence-corrected chi connectivity index (χ2v) is 4.70. The van der Waals surface area contributed by atoms with Crippen molar-refractivity contribution in [1.29, 1.82) is 0 Å². The molecule has 0 unspecified atom stereocenters. The molecule has 0 nitrogen and oxygen atoms in total. The number of hydrogen-bond acceptors (Lipinski definition) is 0. The van der Waals surface area contributed by atoms with Gasteiger partial charge in [-0.1, -0.05) is 53.5 Å². The number of hydrogen-bond donors (Lipinski definition) is 0. The highest BCUT2D eigenvalue weighted by Crippen LogP contribution is 2.23. The molecule has 2 aromatic carbocycles. The molecule has 0 fully saturated rings. The normalized spacial score (nSPS) is 11.6. The lowest BCUT2D eigenvalue weighted by Gasteiger charge is -2.03. The summed E-state index contributed by atoms with van der Waals surface area (Å²) in [6.45, 7) is 2.06. The van der Waals surface area contributed by atoms with E-state index in [1.165, 1.54) is 0 Å². The van der Waals surface area contributed by atoms with Crippen LogP contribution in [0.1, 0.15) is 18.1 Å². The number of halogens is 2. The predicted molar refractivity (Wildman–Crippen MR) is 76.4 cm³/mol. The maximum absolute atomic E-state index is 6.12. The summed E-state index contributed by atoms with van der Waals surface area (Å²) < 4.78 is 0. The maximum atomic E-state index is 6.12. The van der Waals surface area contributed by atoms with Crippen LogP contribution in [0.3, 0.4) is 0 Å². The molecule has 0 aliphatic carbocycles. The molecule has 2 aromatic rings. The van der Waals surface area contributed by atoms with E-state index in [9.17, 15) is 0 Å². The first-order chi connectivity index (χ1) is 8.16. The fourth-order valence-corrected chi connectivity index (χ4v) is 1.94. The summed E-state index contributed by atoms with van der Waals surface area (Å²) in [5, 5.41) is 1.51. The molecule has 0 radical (unpaired) electrons. The molecule has 0 bridgehead atoms. The standard InChI is InChI=1S/C15H12Cl2/c1-11(12-6-8-14(16)9-7-12)10-13-4-2-3-5-15(13)17/h2-10H,1H3. The van der Waals surface area contributed by atoms with E-state index < -0.39 is 0 Å². The zero-order valence-electron chi connectivity index (χ0n) is 9.45. The number of benzene rings is 2. The van der Waals surface area contributed by atoms with Crippen LogP contribution in [0.2, 0.25) is 10.0 Å². The van der Waals surface area contributed by atoms with Crippen LogP contribution in [0.25, 0.3) is 11.6 Å². The zero-order chi connectivity index (χ0) is 12.3. The third-order valence-corrected chi connectivity index (χ3v) is 3.17. The van der Waals surface area contributed by atoms with Gasteiger partial charge in [0.2, 0.25) is 0 Å². The highest BCUT2D eigenvalue weighted by molar-refractivity contribution is 6.32. The summed E-state index contributed by atoms with van der Waals surface area (Å²) in [7, 11) is 0. The molecule has 0 spiro atoms. The lowest BCUT2D eigenvalue weighted by Crippen LogP contribution is -1.80. The minimum absolute atomic E-state index is 0.749. The van der Waals surface area contributed by atoms with Gasteiger partial charge in [0.25, 0.3) is 0 Å². The van der Waals surface area contributed by atoms with E-state index in [1.54, 1.807) is 0 Å². The van der Waals surface area contributed by atoms with Crippen LogP contribution >= 0.6 is 23.2 Å². The SMILES string of the molecule is CC(=Cc1ccccc1Cl)c1ccc(Cl)cc1. The molecule has 0 saturated carbocycles. The van der Waals surface area contributed by atoms with E-state index in [-0.39, 0.29) is 0 Å². The van der Waals surface area contributed by atoms with Crippen LogP contribution in [0.5, 0.6) is 0 Å². The summed E-state index contributed by atoms with van der Waals surface area (Å²) in [4.78, 5) is 0. The lowest BCUT2D eigenvalue weighted by atomic mass is 10.0. The molecule has 86 valence electrons. The molecule has 0 atom stereocenters. The highest BCUT2D eigenvalue weighted by atomic mass is 35.5. The summed E-state index contributed by atoms with van der Waals surface area (Å²) in [5.74, 6) is 0. The van der Waals surface area contributed by atoms with Gasteiger partial charge in [-0.2, -0.15) is 0 Å². The van der Waals surface area contributed by atoms with E-state index in [0.717, 1.165) is 26.7 Å². The summed E-state index contributed by atoms with van der Waals surface area (Å²) in [6, 6.07) is 15.6. The van der Waals surface area contributed by atoms with Gasteiger partial charge in [0.15, 0.2) is 0 Å². The lowest BCUT2D eigenvalue weighted by molar-refractivity contribution is 1.57. The Balaban J connectivity index is 2.34. The Morgan fingerprint density at radius 1 is 0.941 bits per heavy atom. The third kappa shape index (κ3) is 3.12. The van der Waals surface area contributed by atoms with Gasteiger partial charge in [-0.15, -0.1) is 0 Å². The predicted octanol–water partition coefficient (Wildman–Crippen LogP) is 5.55. The van der Waals surface area contributed by atoms with Crippen molar-refractivity contribution in [3.63, 3.8) is 0 Å². The monoisotopic (exact) mass is 262 g/mol. The van der Waals surface area contributed by atoms with Crippen LogP contribution < -0.4 is 0 Å². The molecule has 0 amide bonds. The fourth-order valence-electron chi connectivity index (χ4n) is 1.62. The molecule has 2 heteroatoms. The molecular formula is C15H12Cl2. The summed E-state index contributed by atoms with van der Waals surface area (Å²) in [5.41, 5.74) is 3.34. The summed E-state index contributed by atoms with van der Waals surface area (Å²) in [6.07, 6.45) is 2.07. The van der Waals surface area contributed by atoms with Crippen LogP contribution in [0.15, 0.2) is 48.5 Å². The van der Waals surface area contributed by atoms with Crippen molar-refractivity contribution in [1.82, 2.24) is 0 Å². The number of allylic oxidation sites excluding steroid dienone is 1. The Labute approximate surface area is 112 Å². The van der Waals surface area contributed by atoms with Gasteiger partial charge in [-0.05, 0) is 47.9 Å². The van der Waals surface area contributed by atoms with Gasteiger partial charge in [0, 0.05) is 10.0 Å². The largest absolute Gasteiger partial charge is 0.0843 e. The van der Waals surface area contributed by atoms with Gasteiger partial charge in [0.1, 0.15) is 0 Å². The van der Waals surface area contributed by atoms with Gasteiger partial charge in [-0.25, -0.2) is 0 Å². The Morgan fingerprint density at radius 2 is 1.59 bits per heavy atom. The first kappa shape index (κ1) is 12.2. The van der Waals surface area contributed by atoms with E-state index >= 15 is 0 Å². The zero-order valence-corrected chi connectivity index (χ0v) is 11.0. The van der Waals surface area contributed by atoms with Gasteiger partial charge in [0.05, 0.1) is 0 Å². The van der Waals surface area contributed by atoms with E-state index in [2.05, 4.69) is 13.0 Å². The van der Waals surface area contributed by atoms with Crippen molar-refractivity contribution >= 4 is 34.9 Å². The average molecular weight is 263 g/mol. The highest BCUT2D eigenvalue weighted by Gasteiger charge is 1.99. The first-order valence-electron chi connectivity index (χ1n) is 5.35. The van der Waals surface area contributed by atoms with Crippen molar-refractivity contribution in [3.05, 3.63) is 69.7 Å². The second-order valence-electron chi connectivity index (χ2n) is 3.86. The fraction of sp³-hybridized carbons (Fsp3) is 0.0667. The molecule has 0 aliphatic rings. The molecule has 0 heterocycles. The minimum Gasteiger partial charge on any atom is -0.0843 e. The average Bonchev–Trinajstić information content (AvgIpc) is 2.33. The Hall–Kier alpha value is -1.24. The Morgan fingerprint density at radius 3 is 2.24 bits per heavy atom. The molecule has 0 aliphatic heterocycles. The van der Waals surface area contributed by atoms with Crippen LogP contribution in [0.4, 0.5) is 0 Å². The molecular weight excluding hydrogens is 251 g/mol. The van der Waals surface area contributed by atoms with Crippen LogP contribution in [-0.4, -0.2) is 0 Å². The van der Waals surface area contributed by atoms with E-state index in [0.29, 0.717) is 0 Å². The van der Waals surface area contributed by atoms with Gasteiger partial charge >= 0.3 is 0 Å². The van der Waals surface area contributed by atoms with Crippen molar-refractivity contribution in [3.8, 4) is 0 Å². The van der Waals surface area contributed by atoms with Crippen molar-refractivity contribution in [2.45, 2.75) is 6.92 Å². The number of rotatable bonds is 2. The first-order valence-corrected chi connectivity index (χ1v) is 6.11. The van der Waals surface area contributed by atoms with E-state index in [1.807, 2.05) is 48.5 Å². The molecule has 0 N–H and O–H groups in total. The minimum atomic E-state index is 0.749. The second kappa shape index (κ2) is 5.39. The molecule has 0 saturated heterocycles. The van der Waals surface area contributed by atoms with Crippen LogP contribution in [-0.2, 0) is 0 Å². The van der Waals surface area contributed by atoms with Crippen molar-refractivity contribution < 1.29 is 0 Å². The topological polar surface area (TPSA) is 0 Å².